The van der Waals surface area contributed by atoms with Crippen molar-refractivity contribution in [3.8, 4) is 0 Å². The zero-order valence-corrected chi connectivity index (χ0v) is 10.1. The van der Waals surface area contributed by atoms with Crippen molar-refractivity contribution in [3.63, 3.8) is 0 Å². The fraction of sp³-hybridized carbons (Fsp3) is 0.273. The minimum absolute atomic E-state index is 0.144. The van der Waals surface area contributed by atoms with Gasteiger partial charge in [-0.2, -0.15) is 0 Å². The van der Waals surface area contributed by atoms with Gasteiger partial charge in [0.15, 0.2) is 6.04 Å². The molecule has 5 nitrogen and oxygen atoms in total. The van der Waals surface area contributed by atoms with Crippen LogP contribution in [0, 0.1) is 5.82 Å². The lowest BCUT2D eigenvalue weighted by Gasteiger charge is -2.17. The SMILES string of the molecule is CC(O)C(NC(=O)c1cc(Cl)ccc1F)C(=O)O. The van der Waals surface area contributed by atoms with Gasteiger partial charge >= 0.3 is 5.97 Å². The van der Waals surface area contributed by atoms with E-state index in [2.05, 4.69) is 0 Å². The number of hydrogen-bond donors (Lipinski definition) is 3. The van der Waals surface area contributed by atoms with Gasteiger partial charge in [-0.1, -0.05) is 11.6 Å². The van der Waals surface area contributed by atoms with E-state index in [-0.39, 0.29) is 10.6 Å². The van der Waals surface area contributed by atoms with E-state index in [1.807, 2.05) is 5.32 Å². The van der Waals surface area contributed by atoms with Gasteiger partial charge in [0, 0.05) is 5.02 Å². The number of halogens is 2. The molecule has 1 amide bonds. The molecule has 0 spiro atoms. The summed E-state index contributed by atoms with van der Waals surface area (Å²) in [6.45, 7) is 1.20. The quantitative estimate of drug-likeness (QED) is 0.766. The first-order valence-electron chi connectivity index (χ1n) is 4.99. The van der Waals surface area contributed by atoms with E-state index in [1.165, 1.54) is 13.0 Å². The molecule has 0 aromatic heterocycles. The Morgan fingerprint density at radius 2 is 2.06 bits per heavy atom. The monoisotopic (exact) mass is 275 g/mol. The van der Waals surface area contributed by atoms with Crippen molar-refractivity contribution < 1.29 is 24.2 Å². The molecule has 1 rings (SSSR count). The number of aliphatic hydroxyl groups is 1. The molecule has 3 N–H and O–H groups in total. The summed E-state index contributed by atoms with van der Waals surface area (Å²) in [5.41, 5.74) is -0.380. The summed E-state index contributed by atoms with van der Waals surface area (Å²) in [6.07, 6.45) is -1.31. The van der Waals surface area contributed by atoms with Crippen LogP contribution in [0.3, 0.4) is 0 Å². The molecule has 0 radical (unpaired) electrons. The van der Waals surface area contributed by atoms with E-state index < -0.39 is 29.8 Å². The Hall–Kier alpha value is -1.66. The van der Waals surface area contributed by atoms with Crippen LogP contribution in [0.5, 0.6) is 0 Å². The maximum absolute atomic E-state index is 13.3. The average Bonchev–Trinajstić information content (AvgIpc) is 2.28. The number of carboxylic acids is 1. The minimum Gasteiger partial charge on any atom is -0.480 e. The Balaban J connectivity index is 2.94. The minimum atomic E-state index is -1.52. The molecule has 0 aliphatic rings. The third kappa shape index (κ3) is 3.41. The molecule has 1 aromatic carbocycles. The number of carbonyl (C=O) groups is 2. The number of aliphatic hydroxyl groups excluding tert-OH is 1. The van der Waals surface area contributed by atoms with Crippen LogP contribution >= 0.6 is 11.6 Å². The number of rotatable bonds is 4. The van der Waals surface area contributed by atoms with Crippen LogP contribution in [0.1, 0.15) is 17.3 Å². The van der Waals surface area contributed by atoms with Crippen LogP contribution in [0.4, 0.5) is 4.39 Å². The molecule has 0 saturated heterocycles. The summed E-state index contributed by atoms with van der Waals surface area (Å²) in [4.78, 5) is 22.4. The molecule has 1 aromatic rings. The first-order valence-corrected chi connectivity index (χ1v) is 5.37. The topological polar surface area (TPSA) is 86.6 Å². The molecule has 0 heterocycles. The summed E-state index contributed by atoms with van der Waals surface area (Å²) in [6, 6.07) is 1.82. The number of amides is 1. The first kappa shape index (κ1) is 14.4. The Bertz CT molecular complexity index is 478. The molecule has 18 heavy (non-hydrogen) atoms. The van der Waals surface area contributed by atoms with Crippen molar-refractivity contribution in [1.82, 2.24) is 5.32 Å². The zero-order valence-electron chi connectivity index (χ0n) is 9.35. The Morgan fingerprint density at radius 1 is 1.44 bits per heavy atom. The van der Waals surface area contributed by atoms with Crippen LogP contribution < -0.4 is 5.32 Å². The van der Waals surface area contributed by atoms with E-state index in [9.17, 15) is 19.1 Å². The predicted octanol–water partition coefficient (Wildman–Crippen LogP) is 1.04. The maximum Gasteiger partial charge on any atom is 0.328 e. The second kappa shape index (κ2) is 5.79. The van der Waals surface area contributed by atoms with Crippen molar-refractivity contribution >= 4 is 23.5 Å². The van der Waals surface area contributed by atoms with Gasteiger partial charge in [0.2, 0.25) is 0 Å². The summed E-state index contributed by atoms with van der Waals surface area (Å²) in [5.74, 6) is -3.20. The third-order valence-corrected chi connectivity index (χ3v) is 2.44. The lowest BCUT2D eigenvalue weighted by Crippen LogP contribution is -2.47. The highest BCUT2D eigenvalue weighted by Crippen LogP contribution is 2.15. The number of carbonyl (C=O) groups excluding carboxylic acids is 1. The Kier molecular flexibility index (Phi) is 4.63. The molecule has 7 heteroatoms. The number of aliphatic carboxylic acids is 1. The molecule has 2 atom stereocenters. The van der Waals surface area contributed by atoms with Crippen molar-refractivity contribution in [2.45, 2.75) is 19.1 Å². The number of carboxylic acid groups (broad SMARTS) is 1. The fourth-order valence-electron chi connectivity index (χ4n) is 1.28. The summed E-state index contributed by atoms with van der Waals surface area (Å²) in [7, 11) is 0. The zero-order chi connectivity index (χ0) is 13.9. The lowest BCUT2D eigenvalue weighted by atomic mass is 10.1. The Morgan fingerprint density at radius 3 is 2.56 bits per heavy atom. The van der Waals surface area contributed by atoms with E-state index in [1.54, 1.807) is 0 Å². The van der Waals surface area contributed by atoms with E-state index in [0.29, 0.717) is 0 Å². The maximum atomic E-state index is 13.3. The molecule has 0 aliphatic carbocycles. The largest absolute Gasteiger partial charge is 0.480 e. The van der Waals surface area contributed by atoms with Gasteiger partial charge in [0.05, 0.1) is 11.7 Å². The highest BCUT2D eigenvalue weighted by Gasteiger charge is 2.26. The van der Waals surface area contributed by atoms with E-state index in [4.69, 9.17) is 16.7 Å². The van der Waals surface area contributed by atoms with Gasteiger partial charge in [0.1, 0.15) is 5.82 Å². The van der Waals surface area contributed by atoms with Gasteiger partial charge in [-0.25, -0.2) is 9.18 Å². The fourth-order valence-corrected chi connectivity index (χ4v) is 1.45. The lowest BCUT2D eigenvalue weighted by molar-refractivity contribution is -0.141. The van der Waals surface area contributed by atoms with Gasteiger partial charge in [-0.05, 0) is 25.1 Å². The van der Waals surface area contributed by atoms with E-state index in [0.717, 1.165) is 12.1 Å². The van der Waals surface area contributed by atoms with Crippen LogP contribution in [-0.2, 0) is 4.79 Å². The van der Waals surface area contributed by atoms with E-state index >= 15 is 0 Å². The number of benzene rings is 1. The Labute approximate surface area is 107 Å². The van der Waals surface area contributed by atoms with Crippen molar-refractivity contribution in [1.29, 1.82) is 0 Å². The number of hydrogen-bond acceptors (Lipinski definition) is 3. The normalized spacial score (nSPS) is 13.8. The molecule has 0 saturated carbocycles. The smallest absolute Gasteiger partial charge is 0.328 e. The highest BCUT2D eigenvalue weighted by atomic mass is 35.5. The number of nitrogens with one attached hydrogen (secondary N) is 1. The van der Waals surface area contributed by atoms with Crippen LogP contribution in [0.15, 0.2) is 18.2 Å². The van der Waals surface area contributed by atoms with Crippen molar-refractivity contribution in [3.05, 3.63) is 34.6 Å². The van der Waals surface area contributed by atoms with Gasteiger partial charge < -0.3 is 15.5 Å². The van der Waals surface area contributed by atoms with Crippen LogP contribution in [0.25, 0.3) is 0 Å². The second-order valence-corrected chi connectivity index (χ2v) is 4.09. The standard InChI is InChI=1S/C11H11ClFNO4/c1-5(15)9(11(17)18)14-10(16)7-4-6(12)2-3-8(7)13/h2-5,9,15H,1H3,(H,14,16)(H,17,18). The predicted molar refractivity (Wildman–Crippen MR) is 62.0 cm³/mol. The highest BCUT2D eigenvalue weighted by molar-refractivity contribution is 6.31. The van der Waals surface area contributed by atoms with Gasteiger partial charge in [-0.15, -0.1) is 0 Å². The molecule has 0 aliphatic heterocycles. The molecular weight excluding hydrogens is 265 g/mol. The summed E-state index contributed by atoms with van der Waals surface area (Å²) in [5, 5.41) is 20.1. The first-order chi connectivity index (χ1) is 8.32. The van der Waals surface area contributed by atoms with Crippen LogP contribution in [0.2, 0.25) is 5.02 Å². The van der Waals surface area contributed by atoms with Crippen molar-refractivity contribution in [2.24, 2.45) is 0 Å². The summed E-state index contributed by atoms with van der Waals surface area (Å²) >= 11 is 5.61. The molecule has 0 bridgehead atoms. The second-order valence-electron chi connectivity index (χ2n) is 3.65. The van der Waals surface area contributed by atoms with Gasteiger partial charge in [-0.3, -0.25) is 4.79 Å². The van der Waals surface area contributed by atoms with Crippen molar-refractivity contribution in [2.75, 3.05) is 0 Å². The third-order valence-electron chi connectivity index (χ3n) is 2.21. The average molecular weight is 276 g/mol. The molecule has 98 valence electrons. The molecule has 2 unspecified atom stereocenters. The molecular formula is C11H11ClFNO4. The molecule has 0 fully saturated rings. The van der Waals surface area contributed by atoms with Crippen LogP contribution in [-0.4, -0.2) is 34.2 Å². The summed E-state index contributed by atoms with van der Waals surface area (Å²) < 4.78 is 13.3. The van der Waals surface area contributed by atoms with Gasteiger partial charge in [0.25, 0.3) is 5.91 Å².